The highest BCUT2D eigenvalue weighted by Crippen LogP contribution is 2.28. The van der Waals surface area contributed by atoms with Gasteiger partial charge in [0.2, 0.25) is 0 Å². The van der Waals surface area contributed by atoms with Crippen LogP contribution in [0.5, 0.6) is 0 Å². The standard InChI is InChI=1S/C14H12Cl2N2O/c15-12-7-10(17)6-11(13(12)16)14(19)18-8-9-4-2-1-3-5-9/h1-7H,8,17H2,(H,18,19). The fourth-order valence-electron chi connectivity index (χ4n) is 1.65. The van der Waals surface area contributed by atoms with Crippen molar-refractivity contribution in [3.05, 3.63) is 63.6 Å². The molecule has 1 amide bonds. The van der Waals surface area contributed by atoms with Crippen LogP contribution in [0, 0.1) is 0 Å². The molecule has 2 aromatic rings. The van der Waals surface area contributed by atoms with Gasteiger partial charge < -0.3 is 11.1 Å². The number of anilines is 1. The van der Waals surface area contributed by atoms with Gasteiger partial charge in [-0.25, -0.2) is 0 Å². The van der Waals surface area contributed by atoms with Crippen molar-refractivity contribution in [2.45, 2.75) is 6.54 Å². The Kier molecular flexibility index (Phi) is 4.30. The molecule has 5 heteroatoms. The third-order valence-corrected chi connectivity index (χ3v) is 3.39. The molecule has 19 heavy (non-hydrogen) atoms. The van der Waals surface area contributed by atoms with E-state index < -0.39 is 0 Å². The van der Waals surface area contributed by atoms with Crippen LogP contribution in [0.1, 0.15) is 15.9 Å². The summed E-state index contributed by atoms with van der Waals surface area (Å²) in [4.78, 5) is 12.0. The Morgan fingerprint density at radius 3 is 2.53 bits per heavy atom. The number of carbonyl (C=O) groups is 1. The van der Waals surface area contributed by atoms with E-state index in [1.807, 2.05) is 30.3 Å². The SMILES string of the molecule is Nc1cc(Cl)c(Cl)c(C(=O)NCc2ccccc2)c1. The molecule has 0 radical (unpaired) electrons. The zero-order chi connectivity index (χ0) is 13.8. The number of carbonyl (C=O) groups excluding carboxylic acids is 1. The third kappa shape index (κ3) is 3.40. The number of hydrogen-bond donors (Lipinski definition) is 2. The molecule has 0 saturated carbocycles. The smallest absolute Gasteiger partial charge is 0.253 e. The first-order valence-electron chi connectivity index (χ1n) is 5.64. The lowest BCUT2D eigenvalue weighted by molar-refractivity contribution is 0.0951. The molecule has 0 heterocycles. The second-order valence-electron chi connectivity index (χ2n) is 4.03. The Morgan fingerprint density at radius 1 is 1.16 bits per heavy atom. The van der Waals surface area contributed by atoms with Crippen molar-refractivity contribution >= 4 is 34.8 Å². The van der Waals surface area contributed by atoms with Crippen molar-refractivity contribution in [1.29, 1.82) is 0 Å². The Hall–Kier alpha value is -1.71. The number of benzene rings is 2. The van der Waals surface area contributed by atoms with Crippen LogP contribution in [0.2, 0.25) is 10.0 Å². The van der Waals surface area contributed by atoms with Crippen molar-refractivity contribution in [1.82, 2.24) is 5.32 Å². The van der Waals surface area contributed by atoms with Gasteiger partial charge in [0.05, 0.1) is 15.6 Å². The van der Waals surface area contributed by atoms with Crippen molar-refractivity contribution in [2.75, 3.05) is 5.73 Å². The number of nitrogens with one attached hydrogen (secondary N) is 1. The molecule has 98 valence electrons. The summed E-state index contributed by atoms with van der Waals surface area (Å²) in [6.45, 7) is 0.419. The summed E-state index contributed by atoms with van der Waals surface area (Å²) in [7, 11) is 0. The van der Waals surface area contributed by atoms with Crippen LogP contribution in [-0.2, 0) is 6.54 Å². The van der Waals surface area contributed by atoms with Crippen molar-refractivity contribution < 1.29 is 4.79 Å². The molecule has 0 atom stereocenters. The number of amides is 1. The van der Waals surface area contributed by atoms with Crippen molar-refractivity contribution in [3.63, 3.8) is 0 Å². The van der Waals surface area contributed by atoms with E-state index in [0.717, 1.165) is 5.56 Å². The van der Waals surface area contributed by atoms with Gasteiger partial charge in [-0.05, 0) is 17.7 Å². The summed E-state index contributed by atoms with van der Waals surface area (Å²) in [5.41, 5.74) is 7.33. The van der Waals surface area contributed by atoms with Crippen LogP contribution >= 0.6 is 23.2 Å². The minimum atomic E-state index is -0.303. The molecule has 2 aromatic carbocycles. The summed E-state index contributed by atoms with van der Waals surface area (Å²) in [5, 5.41) is 3.25. The molecule has 0 aliphatic rings. The van der Waals surface area contributed by atoms with E-state index in [0.29, 0.717) is 12.2 Å². The molecule has 3 nitrogen and oxygen atoms in total. The van der Waals surface area contributed by atoms with Crippen LogP contribution in [0.15, 0.2) is 42.5 Å². The summed E-state index contributed by atoms with van der Waals surface area (Å²) in [6.07, 6.45) is 0. The van der Waals surface area contributed by atoms with Crippen molar-refractivity contribution in [3.8, 4) is 0 Å². The van der Waals surface area contributed by atoms with E-state index >= 15 is 0 Å². The van der Waals surface area contributed by atoms with E-state index in [1.54, 1.807) is 0 Å². The average molecular weight is 295 g/mol. The van der Waals surface area contributed by atoms with Gasteiger partial charge in [0.25, 0.3) is 5.91 Å². The zero-order valence-corrected chi connectivity index (χ0v) is 11.5. The molecule has 0 aromatic heterocycles. The third-order valence-electron chi connectivity index (χ3n) is 2.59. The molecule has 0 aliphatic heterocycles. The summed E-state index contributed by atoms with van der Waals surface area (Å²) in [5.74, 6) is -0.303. The number of rotatable bonds is 3. The molecule has 0 saturated heterocycles. The maximum atomic E-state index is 12.0. The lowest BCUT2D eigenvalue weighted by Gasteiger charge is -2.09. The summed E-state index contributed by atoms with van der Waals surface area (Å²) in [6, 6.07) is 12.6. The van der Waals surface area contributed by atoms with Crippen LogP contribution in [0.4, 0.5) is 5.69 Å². The van der Waals surface area contributed by atoms with Gasteiger partial charge in [0.15, 0.2) is 0 Å². The Labute approximate surface area is 121 Å². The second-order valence-corrected chi connectivity index (χ2v) is 4.82. The lowest BCUT2D eigenvalue weighted by Crippen LogP contribution is -2.23. The van der Waals surface area contributed by atoms with Gasteiger partial charge in [0.1, 0.15) is 0 Å². The molecule has 0 fully saturated rings. The minimum absolute atomic E-state index is 0.210. The quantitative estimate of drug-likeness (QED) is 0.851. The van der Waals surface area contributed by atoms with Crippen LogP contribution in [0.3, 0.4) is 0 Å². The number of halogens is 2. The summed E-state index contributed by atoms with van der Waals surface area (Å²) < 4.78 is 0. The first-order valence-corrected chi connectivity index (χ1v) is 6.40. The van der Waals surface area contributed by atoms with Gasteiger partial charge in [-0.15, -0.1) is 0 Å². The highest BCUT2D eigenvalue weighted by molar-refractivity contribution is 6.44. The maximum Gasteiger partial charge on any atom is 0.253 e. The number of nitrogen functional groups attached to an aromatic ring is 1. The van der Waals surface area contributed by atoms with Gasteiger partial charge in [-0.3, -0.25) is 4.79 Å². The molecular formula is C14H12Cl2N2O. The molecule has 0 unspecified atom stereocenters. The highest BCUT2D eigenvalue weighted by atomic mass is 35.5. The first kappa shape index (κ1) is 13.7. The Bertz CT molecular complexity index is 600. The van der Waals surface area contributed by atoms with Crippen molar-refractivity contribution in [2.24, 2.45) is 0 Å². The van der Waals surface area contributed by atoms with Gasteiger partial charge in [-0.2, -0.15) is 0 Å². The largest absolute Gasteiger partial charge is 0.399 e. The fraction of sp³-hybridized carbons (Fsp3) is 0.0714. The van der Waals surface area contributed by atoms with E-state index in [-0.39, 0.29) is 21.5 Å². The maximum absolute atomic E-state index is 12.0. The Morgan fingerprint density at radius 2 is 1.84 bits per heavy atom. The first-order chi connectivity index (χ1) is 9.08. The average Bonchev–Trinajstić information content (AvgIpc) is 2.41. The predicted molar refractivity (Wildman–Crippen MR) is 78.5 cm³/mol. The topological polar surface area (TPSA) is 55.1 Å². The van der Waals surface area contributed by atoms with Gasteiger partial charge >= 0.3 is 0 Å². The summed E-state index contributed by atoms with van der Waals surface area (Å²) >= 11 is 11.9. The number of nitrogens with two attached hydrogens (primary N) is 1. The zero-order valence-electron chi connectivity index (χ0n) is 9.99. The molecule has 3 N–H and O–H groups in total. The molecular weight excluding hydrogens is 283 g/mol. The van der Waals surface area contributed by atoms with Crippen LogP contribution in [0.25, 0.3) is 0 Å². The van der Waals surface area contributed by atoms with E-state index in [9.17, 15) is 4.79 Å². The molecule has 0 spiro atoms. The molecule has 0 bridgehead atoms. The van der Waals surface area contributed by atoms with Crippen LogP contribution < -0.4 is 11.1 Å². The van der Waals surface area contributed by atoms with E-state index in [1.165, 1.54) is 12.1 Å². The van der Waals surface area contributed by atoms with E-state index in [2.05, 4.69) is 5.32 Å². The lowest BCUT2D eigenvalue weighted by atomic mass is 10.1. The van der Waals surface area contributed by atoms with E-state index in [4.69, 9.17) is 28.9 Å². The minimum Gasteiger partial charge on any atom is -0.399 e. The molecule has 2 rings (SSSR count). The monoisotopic (exact) mass is 294 g/mol. The second kappa shape index (κ2) is 5.95. The van der Waals surface area contributed by atoms with Gasteiger partial charge in [-0.1, -0.05) is 53.5 Å². The number of hydrogen-bond acceptors (Lipinski definition) is 2. The predicted octanol–water partition coefficient (Wildman–Crippen LogP) is 3.51. The van der Waals surface area contributed by atoms with Gasteiger partial charge in [0, 0.05) is 12.2 Å². The van der Waals surface area contributed by atoms with Crippen LogP contribution in [-0.4, -0.2) is 5.91 Å². The Balaban J connectivity index is 2.13. The normalized spacial score (nSPS) is 10.2. The fourth-order valence-corrected chi connectivity index (χ4v) is 2.07. The highest BCUT2D eigenvalue weighted by Gasteiger charge is 2.13. The molecule has 0 aliphatic carbocycles.